The molecule has 0 aliphatic carbocycles. The van der Waals surface area contributed by atoms with Crippen molar-refractivity contribution in [1.29, 1.82) is 0 Å². The smallest absolute Gasteiger partial charge is 0.338 e. The lowest BCUT2D eigenvalue weighted by molar-refractivity contribution is 0.0651. The minimum Gasteiger partial charge on any atom is -0.478 e. The minimum atomic E-state index is -1.31. The van der Waals surface area contributed by atoms with Crippen molar-refractivity contribution in [2.75, 3.05) is 0 Å². The van der Waals surface area contributed by atoms with Gasteiger partial charge in [0.25, 0.3) is 0 Å². The molecule has 2 N–H and O–H groups in total. The topological polar surface area (TPSA) is 74.6 Å². The van der Waals surface area contributed by atoms with E-state index in [4.69, 9.17) is 11.6 Å². The molecule has 5 heteroatoms. The maximum absolute atomic E-state index is 11.5. The van der Waals surface area contributed by atoms with Gasteiger partial charge in [-0.2, -0.15) is 0 Å². The number of aromatic carboxylic acids is 2. The van der Waals surface area contributed by atoms with Crippen LogP contribution in [0.25, 0.3) is 0 Å². The third-order valence-electron chi connectivity index (χ3n) is 3.33. The van der Waals surface area contributed by atoms with Crippen LogP contribution in [-0.4, -0.2) is 22.2 Å². The average Bonchev–Trinajstić information content (AvgIpc) is 2.29. The average molecular weight is 341 g/mol. The number of benzene rings is 1. The van der Waals surface area contributed by atoms with Crippen molar-refractivity contribution in [2.45, 2.75) is 54.4 Å². The van der Waals surface area contributed by atoms with E-state index in [9.17, 15) is 19.8 Å². The van der Waals surface area contributed by atoms with Crippen LogP contribution < -0.4 is 0 Å². The molecule has 0 saturated carbocycles. The molecule has 0 saturated heterocycles. The minimum absolute atomic E-state index is 0.0478. The fourth-order valence-electron chi connectivity index (χ4n) is 2.57. The van der Waals surface area contributed by atoms with Crippen LogP contribution in [0.5, 0.6) is 0 Å². The summed E-state index contributed by atoms with van der Waals surface area (Å²) >= 11 is 6.35. The fourth-order valence-corrected chi connectivity index (χ4v) is 2.94. The Morgan fingerprint density at radius 1 is 0.957 bits per heavy atom. The van der Waals surface area contributed by atoms with Crippen LogP contribution in [0, 0.1) is 10.8 Å². The monoisotopic (exact) mass is 340 g/mol. The van der Waals surface area contributed by atoms with E-state index in [0.29, 0.717) is 12.8 Å². The molecule has 0 aliphatic heterocycles. The maximum atomic E-state index is 11.5. The zero-order chi connectivity index (χ0) is 18.2. The Hall–Kier alpha value is -1.55. The van der Waals surface area contributed by atoms with Gasteiger partial charge in [0.05, 0.1) is 16.1 Å². The Balaban J connectivity index is 3.71. The predicted molar refractivity (Wildman–Crippen MR) is 91.7 cm³/mol. The van der Waals surface area contributed by atoms with E-state index in [2.05, 4.69) is 0 Å². The lowest BCUT2D eigenvalue weighted by atomic mass is 9.79. The summed E-state index contributed by atoms with van der Waals surface area (Å²) in [6, 6.07) is 1.48. The van der Waals surface area contributed by atoms with Crippen molar-refractivity contribution in [3.63, 3.8) is 0 Å². The van der Waals surface area contributed by atoms with Gasteiger partial charge in [0.2, 0.25) is 0 Å². The number of carboxylic acids is 2. The second-order valence-electron chi connectivity index (χ2n) is 8.34. The number of carbonyl (C=O) groups is 2. The lowest BCUT2D eigenvalue weighted by Gasteiger charge is -2.26. The zero-order valence-electron chi connectivity index (χ0n) is 14.6. The molecule has 0 amide bonds. The van der Waals surface area contributed by atoms with Gasteiger partial charge in [-0.3, -0.25) is 0 Å². The molecule has 128 valence electrons. The first-order valence-corrected chi connectivity index (χ1v) is 7.91. The number of hydrogen-bond acceptors (Lipinski definition) is 2. The van der Waals surface area contributed by atoms with E-state index in [0.717, 1.165) is 11.1 Å². The van der Waals surface area contributed by atoms with Gasteiger partial charge in [0.15, 0.2) is 0 Å². The third kappa shape index (κ3) is 5.24. The van der Waals surface area contributed by atoms with Crippen molar-refractivity contribution < 1.29 is 19.8 Å². The lowest BCUT2D eigenvalue weighted by Crippen LogP contribution is -2.19. The maximum Gasteiger partial charge on any atom is 0.338 e. The highest BCUT2D eigenvalue weighted by Crippen LogP contribution is 2.36. The molecule has 1 rings (SSSR count). The molecule has 0 fully saturated rings. The molecular weight excluding hydrogens is 316 g/mol. The molecule has 0 spiro atoms. The van der Waals surface area contributed by atoms with E-state index >= 15 is 0 Å². The fraction of sp³-hybridized carbons (Fsp3) is 0.556. The quantitative estimate of drug-likeness (QED) is 0.816. The molecule has 23 heavy (non-hydrogen) atoms. The number of halogens is 1. The van der Waals surface area contributed by atoms with E-state index in [1.165, 1.54) is 6.07 Å². The Labute approximate surface area is 142 Å². The van der Waals surface area contributed by atoms with E-state index in [1.807, 2.05) is 41.5 Å². The van der Waals surface area contributed by atoms with Crippen LogP contribution in [0.3, 0.4) is 0 Å². The molecular formula is C18H25ClO4. The molecule has 0 heterocycles. The van der Waals surface area contributed by atoms with Gasteiger partial charge in [-0.1, -0.05) is 53.1 Å². The first-order chi connectivity index (χ1) is 10.2. The molecule has 0 aliphatic rings. The molecule has 0 unspecified atom stereocenters. The highest BCUT2D eigenvalue weighted by Gasteiger charge is 2.28. The van der Waals surface area contributed by atoms with Crippen molar-refractivity contribution in [2.24, 2.45) is 10.8 Å². The SMILES string of the molecule is CC(C)(C)Cc1cc(C(=O)O)c(C(=O)O)c(Cl)c1CC(C)(C)C. The third-order valence-corrected chi connectivity index (χ3v) is 3.75. The van der Waals surface area contributed by atoms with Crippen LogP contribution in [0.2, 0.25) is 5.02 Å². The van der Waals surface area contributed by atoms with Crippen molar-refractivity contribution in [3.05, 3.63) is 33.3 Å². The first-order valence-electron chi connectivity index (χ1n) is 7.54. The van der Waals surface area contributed by atoms with Gasteiger partial charge in [0.1, 0.15) is 0 Å². The summed E-state index contributed by atoms with van der Waals surface area (Å²) in [7, 11) is 0. The Kier molecular flexibility index (Phi) is 5.53. The second kappa shape index (κ2) is 6.52. The largest absolute Gasteiger partial charge is 0.478 e. The normalized spacial score (nSPS) is 12.3. The second-order valence-corrected chi connectivity index (χ2v) is 8.71. The van der Waals surface area contributed by atoms with Gasteiger partial charge in [-0.15, -0.1) is 0 Å². The summed E-state index contributed by atoms with van der Waals surface area (Å²) < 4.78 is 0. The van der Waals surface area contributed by atoms with Crippen molar-refractivity contribution in [3.8, 4) is 0 Å². The molecule has 1 aromatic rings. The molecule has 0 aromatic heterocycles. The number of carboxylic acid groups (broad SMARTS) is 2. The van der Waals surface area contributed by atoms with Gasteiger partial charge in [-0.05, 0) is 40.9 Å². The highest BCUT2D eigenvalue weighted by atomic mass is 35.5. The van der Waals surface area contributed by atoms with Gasteiger partial charge >= 0.3 is 11.9 Å². The Morgan fingerprint density at radius 3 is 1.78 bits per heavy atom. The highest BCUT2D eigenvalue weighted by molar-refractivity contribution is 6.35. The van der Waals surface area contributed by atoms with E-state index < -0.39 is 11.9 Å². The summed E-state index contributed by atoms with van der Waals surface area (Å²) in [6.07, 6.45) is 1.20. The first kappa shape index (κ1) is 19.5. The van der Waals surface area contributed by atoms with Crippen LogP contribution in [0.1, 0.15) is 73.4 Å². The molecule has 0 atom stereocenters. The molecule has 0 bridgehead atoms. The van der Waals surface area contributed by atoms with Gasteiger partial charge in [0, 0.05) is 0 Å². The van der Waals surface area contributed by atoms with Gasteiger partial charge in [-0.25, -0.2) is 9.59 Å². The Bertz CT molecular complexity index is 634. The van der Waals surface area contributed by atoms with Crippen LogP contribution in [-0.2, 0) is 12.8 Å². The summed E-state index contributed by atoms with van der Waals surface area (Å²) in [5, 5.41) is 18.8. The van der Waals surface area contributed by atoms with Crippen molar-refractivity contribution in [1.82, 2.24) is 0 Å². The standard InChI is InChI=1S/C18H25ClO4/c1-17(2,3)8-10-7-11(15(20)21)13(16(22)23)14(19)12(10)9-18(4,5)6/h7H,8-9H2,1-6H3,(H,20,21)(H,22,23). The molecule has 0 radical (unpaired) electrons. The molecule has 4 nitrogen and oxygen atoms in total. The predicted octanol–water partition coefficient (Wildman–Crippen LogP) is 4.91. The van der Waals surface area contributed by atoms with Crippen LogP contribution in [0.15, 0.2) is 6.07 Å². The summed E-state index contributed by atoms with van der Waals surface area (Å²) in [4.78, 5) is 23.0. The van der Waals surface area contributed by atoms with E-state index in [-0.39, 0.29) is 27.0 Å². The molecule has 1 aromatic carbocycles. The summed E-state index contributed by atoms with van der Waals surface area (Å²) in [5.41, 5.74) is 0.791. The Morgan fingerprint density at radius 2 is 1.43 bits per heavy atom. The summed E-state index contributed by atoms with van der Waals surface area (Å²) in [6.45, 7) is 12.3. The van der Waals surface area contributed by atoms with Gasteiger partial charge < -0.3 is 10.2 Å². The number of rotatable bonds is 4. The number of hydrogen-bond donors (Lipinski definition) is 2. The summed E-state index contributed by atoms with van der Waals surface area (Å²) in [5.74, 6) is -2.59. The zero-order valence-corrected chi connectivity index (χ0v) is 15.3. The van der Waals surface area contributed by atoms with Crippen LogP contribution >= 0.6 is 11.6 Å². The van der Waals surface area contributed by atoms with Crippen molar-refractivity contribution >= 4 is 23.5 Å². The van der Waals surface area contributed by atoms with E-state index in [1.54, 1.807) is 0 Å². The van der Waals surface area contributed by atoms with Crippen LogP contribution in [0.4, 0.5) is 0 Å².